The minimum atomic E-state index is -4.37. The first kappa shape index (κ1) is 51.2. The predicted molar refractivity (Wildman–Crippen MR) is 220 cm³/mol. The predicted octanol–water partition coefficient (Wildman–Crippen LogP) is 9.57. The number of rotatable bonds is 37. The van der Waals surface area contributed by atoms with Crippen LogP contribution in [-0.2, 0) is 32.7 Å². The van der Waals surface area contributed by atoms with Crippen LogP contribution in [0, 0.1) is 11.8 Å². The number of allylic oxidation sites excluding steroid dienone is 4. The van der Waals surface area contributed by atoms with Gasteiger partial charge in [0.2, 0.25) is 0 Å². The Morgan fingerprint density at radius 3 is 2.07 bits per heavy atom. The SMILES string of the molecule is CCCCCCCCCCCCCCCC/C=C/OC[C@H](COP(=O)(O)OCCN)OC(=O)CCC/C=C\C[C@H]1[C@@H](O)CC(=O)[C@@H]1/C=C/[C@@H](O)CCCCC. The lowest BCUT2D eigenvalue weighted by molar-refractivity contribution is -0.153. The molecule has 5 N–H and O–H groups in total. The van der Waals surface area contributed by atoms with E-state index in [1.54, 1.807) is 18.4 Å². The van der Waals surface area contributed by atoms with E-state index in [1.165, 1.54) is 83.5 Å². The van der Waals surface area contributed by atoms with E-state index in [-0.39, 0.29) is 50.9 Å². The topological polar surface area (TPSA) is 175 Å². The van der Waals surface area contributed by atoms with E-state index in [0.29, 0.717) is 25.7 Å². The van der Waals surface area contributed by atoms with Gasteiger partial charge in [-0.15, -0.1) is 0 Å². The Balaban J connectivity index is 2.39. The molecule has 6 atom stereocenters. The number of phosphoric acid groups is 1. The molecule has 1 aliphatic carbocycles. The molecule has 0 aromatic heterocycles. The van der Waals surface area contributed by atoms with Gasteiger partial charge in [0, 0.05) is 31.2 Å². The lowest BCUT2D eigenvalue weighted by Gasteiger charge is -2.19. The molecule has 1 aliphatic rings. The number of aliphatic hydroxyl groups excluding tert-OH is 2. The summed E-state index contributed by atoms with van der Waals surface area (Å²) in [6.45, 7) is 3.83. The maximum absolute atomic E-state index is 12.7. The fourth-order valence-corrected chi connectivity index (χ4v) is 7.47. The van der Waals surface area contributed by atoms with Gasteiger partial charge < -0.3 is 30.3 Å². The van der Waals surface area contributed by atoms with Crippen molar-refractivity contribution in [2.75, 3.05) is 26.4 Å². The first-order valence-electron chi connectivity index (χ1n) is 21.6. The molecule has 1 saturated carbocycles. The van der Waals surface area contributed by atoms with Crippen LogP contribution >= 0.6 is 7.82 Å². The molecule has 0 spiro atoms. The number of hydrogen-bond acceptors (Lipinski definition) is 10. The number of hydrogen-bond donors (Lipinski definition) is 4. The summed E-state index contributed by atoms with van der Waals surface area (Å²) in [7, 11) is -4.37. The zero-order chi connectivity index (χ0) is 40.4. The van der Waals surface area contributed by atoms with Crippen molar-refractivity contribution in [3.05, 3.63) is 36.6 Å². The highest BCUT2D eigenvalue weighted by Gasteiger charge is 2.39. The van der Waals surface area contributed by atoms with Crippen molar-refractivity contribution in [2.45, 2.75) is 186 Å². The zero-order valence-electron chi connectivity index (χ0n) is 34.4. The number of Topliss-reactive ketones (excluding diaryl/α,β-unsaturated/α-hetero) is 1. The molecule has 1 unspecified atom stereocenters. The van der Waals surface area contributed by atoms with Crippen molar-refractivity contribution in [2.24, 2.45) is 17.6 Å². The Morgan fingerprint density at radius 2 is 1.44 bits per heavy atom. The molecule has 0 amide bonds. The fraction of sp³-hybridized carbons (Fsp3) is 0.814. The monoisotopic (exact) mass is 800 g/mol. The molecule has 0 saturated heterocycles. The van der Waals surface area contributed by atoms with Crippen LogP contribution < -0.4 is 5.73 Å². The van der Waals surface area contributed by atoms with Crippen molar-refractivity contribution in [3.8, 4) is 0 Å². The Labute approximate surface area is 333 Å². The minimum absolute atomic E-state index is 0.0165. The van der Waals surface area contributed by atoms with E-state index in [2.05, 4.69) is 13.8 Å². The van der Waals surface area contributed by atoms with E-state index in [1.807, 2.05) is 18.2 Å². The van der Waals surface area contributed by atoms with Crippen LogP contribution in [0.15, 0.2) is 36.6 Å². The molecule has 12 heteroatoms. The highest BCUT2D eigenvalue weighted by molar-refractivity contribution is 7.47. The molecular formula is C43H78NO10P. The molecule has 11 nitrogen and oxygen atoms in total. The maximum Gasteiger partial charge on any atom is 0.472 e. The molecule has 0 aromatic rings. The molecule has 0 bridgehead atoms. The van der Waals surface area contributed by atoms with Crippen LogP contribution in [0.25, 0.3) is 0 Å². The molecule has 0 heterocycles. The van der Waals surface area contributed by atoms with Gasteiger partial charge in [0.1, 0.15) is 12.4 Å². The first-order valence-corrected chi connectivity index (χ1v) is 23.1. The second kappa shape index (κ2) is 34.2. The van der Waals surface area contributed by atoms with Crippen LogP contribution in [0.3, 0.4) is 0 Å². The van der Waals surface area contributed by atoms with Gasteiger partial charge in [-0.2, -0.15) is 0 Å². The van der Waals surface area contributed by atoms with E-state index < -0.39 is 38.0 Å². The third kappa shape index (κ3) is 28.2. The molecular weight excluding hydrogens is 721 g/mol. The van der Waals surface area contributed by atoms with Gasteiger partial charge in [-0.3, -0.25) is 18.6 Å². The van der Waals surface area contributed by atoms with Crippen molar-refractivity contribution in [1.29, 1.82) is 0 Å². The van der Waals surface area contributed by atoms with Crippen molar-refractivity contribution < 1.29 is 47.8 Å². The second-order valence-electron chi connectivity index (χ2n) is 15.1. The minimum Gasteiger partial charge on any atom is -0.498 e. The van der Waals surface area contributed by atoms with Gasteiger partial charge in [0.25, 0.3) is 0 Å². The Kier molecular flexibility index (Phi) is 31.8. The normalized spacial score (nSPS) is 19.8. The van der Waals surface area contributed by atoms with Crippen molar-refractivity contribution in [1.82, 2.24) is 0 Å². The summed E-state index contributed by atoms with van der Waals surface area (Å²) in [5, 5.41) is 20.7. The molecule has 0 aromatic carbocycles. The third-order valence-electron chi connectivity index (χ3n) is 10.0. The number of nitrogens with two attached hydrogens (primary N) is 1. The molecule has 320 valence electrons. The van der Waals surface area contributed by atoms with Crippen molar-refractivity contribution in [3.63, 3.8) is 0 Å². The zero-order valence-corrected chi connectivity index (χ0v) is 35.3. The van der Waals surface area contributed by atoms with E-state index >= 15 is 0 Å². The van der Waals surface area contributed by atoms with Crippen LogP contribution in [-0.4, -0.2) is 71.5 Å². The maximum atomic E-state index is 12.7. The molecule has 1 fully saturated rings. The van der Waals surface area contributed by atoms with E-state index in [0.717, 1.165) is 32.1 Å². The summed E-state index contributed by atoms with van der Waals surface area (Å²) in [5.41, 5.74) is 5.35. The Hall–Kier alpha value is -1.85. The average Bonchev–Trinajstić information content (AvgIpc) is 3.43. The van der Waals surface area contributed by atoms with Crippen LogP contribution in [0.2, 0.25) is 0 Å². The van der Waals surface area contributed by atoms with Gasteiger partial charge in [-0.1, -0.05) is 141 Å². The standard InChI is InChI=1S/C43H78NO10P/c1-3-5-7-8-9-10-11-12-13-14-15-16-17-18-21-25-32-51-35-38(36-53-55(49,50)52-33-31-44)54-43(48)28-24-20-19-23-27-39-40(42(47)34-41(39)46)30-29-37(45)26-22-6-4-2/h19,23,25,29-30,32,37-41,45-46H,3-18,20-22,24,26-28,31,33-36,44H2,1-2H3,(H,49,50)/b23-19-,30-29+,32-25+/t37-,38+,39+,40+,41-/m0/s1. The van der Waals surface area contributed by atoms with Gasteiger partial charge in [0.05, 0.1) is 31.7 Å². The highest BCUT2D eigenvalue weighted by Crippen LogP contribution is 2.43. The summed E-state index contributed by atoms with van der Waals surface area (Å²) >= 11 is 0. The third-order valence-corrected chi connectivity index (χ3v) is 11.0. The van der Waals surface area contributed by atoms with Crippen LogP contribution in [0.5, 0.6) is 0 Å². The first-order chi connectivity index (χ1) is 26.6. The molecule has 55 heavy (non-hydrogen) atoms. The summed E-state index contributed by atoms with van der Waals surface area (Å²) in [5.74, 6) is -1.19. The van der Waals surface area contributed by atoms with E-state index in [4.69, 9.17) is 24.3 Å². The molecule has 1 rings (SSSR count). The fourth-order valence-electron chi connectivity index (χ4n) is 6.71. The molecule has 0 aliphatic heterocycles. The lowest BCUT2D eigenvalue weighted by Crippen LogP contribution is -2.27. The Bertz CT molecular complexity index is 1100. The van der Waals surface area contributed by atoms with Gasteiger partial charge in [0.15, 0.2) is 6.10 Å². The Morgan fingerprint density at radius 1 is 0.836 bits per heavy atom. The molecule has 0 radical (unpaired) electrons. The average molecular weight is 800 g/mol. The summed E-state index contributed by atoms with van der Waals surface area (Å²) in [6, 6.07) is 0. The summed E-state index contributed by atoms with van der Waals surface area (Å²) in [6.07, 6.45) is 33.3. The second-order valence-corrected chi connectivity index (χ2v) is 16.5. The number of carbonyl (C=O) groups excluding carboxylic acids is 2. The number of ether oxygens (including phenoxy) is 2. The van der Waals surface area contributed by atoms with E-state index in [9.17, 15) is 29.3 Å². The number of esters is 1. The summed E-state index contributed by atoms with van der Waals surface area (Å²) < 4.78 is 33.1. The van der Waals surface area contributed by atoms with Gasteiger partial charge >= 0.3 is 13.8 Å². The lowest BCUT2D eigenvalue weighted by atomic mass is 9.90. The largest absolute Gasteiger partial charge is 0.498 e. The number of unbranched alkanes of at least 4 members (excludes halogenated alkanes) is 17. The van der Waals surface area contributed by atoms with Gasteiger partial charge in [-0.25, -0.2) is 4.57 Å². The highest BCUT2D eigenvalue weighted by atomic mass is 31.2. The quantitative estimate of drug-likeness (QED) is 0.0155. The van der Waals surface area contributed by atoms with Crippen molar-refractivity contribution >= 4 is 19.6 Å². The number of aliphatic hydroxyl groups is 2. The van der Waals surface area contributed by atoms with Gasteiger partial charge in [-0.05, 0) is 44.6 Å². The van der Waals surface area contributed by atoms with Crippen LogP contribution in [0.4, 0.5) is 0 Å². The number of phosphoric ester groups is 1. The smallest absolute Gasteiger partial charge is 0.472 e. The number of ketones is 1. The number of carbonyl (C=O) groups is 2. The summed E-state index contributed by atoms with van der Waals surface area (Å²) in [4.78, 5) is 35.1. The van der Waals surface area contributed by atoms with Crippen LogP contribution in [0.1, 0.15) is 168 Å².